The van der Waals surface area contributed by atoms with E-state index in [2.05, 4.69) is 30.5 Å². The number of benzene rings is 2. The monoisotopic (exact) mass is 930 g/mol. The molecular formula is C55H80FN3O8. The molecule has 3 fully saturated rings. The van der Waals surface area contributed by atoms with Crippen LogP contribution < -0.4 is 9.47 Å². The van der Waals surface area contributed by atoms with Crippen LogP contribution in [0.2, 0.25) is 0 Å². The van der Waals surface area contributed by atoms with E-state index < -0.39 is 24.0 Å². The van der Waals surface area contributed by atoms with Crippen LogP contribution in [0.3, 0.4) is 0 Å². The molecule has 2 N–H and O–H groups in total. The molecule has 370 valence electrons. The van der Waals surface area contributed by atoms with E-state index in [4.69, 9.17) is 28.9 Å². The van der Waals surface area contributed by atoms with Crippen molar-refractivity contribution in [3.05, 3.63) is 83.7 Å². The summed E-state index contributed by atoms with van der Waals surface area (Å²) in [4.78, 5) is 25.8. The Morgan fingerprint density at radius 3 is 2.40 bits per heavy atom. The number of carbonyl (C=O) groups is 1. The molecule has 67 heavy (non-hydrogen) atoms. The van der Waals surface area contributed by atoms with Gasteiger partial charge in [-0.2, -0.15) is 0 Å². The normalized spacial score (nSPS) is 26.0. The highest BCUT2D eigenvalue weighted by molar-refractivity contribution is 6.03. The topological polar surface area (TPSA) is 122 Å². The Morgan fingerprint density at radius 1 is 0.955 bits per heavy atom. The Labute approximate surface area is 400 Å². The first-order valence-electron chi connectivity index (χ1n) is 26.1. The summed E-state index contributed by atoms with van der Waals surface area (Å²) in [6.07, 6.45) is 22.0. The lowest BCUT2D eigenvalue weighted by atomic mass is 9.55. The lowest BCUT2D eigenvalue weighted by Gasteiger charge is -2.60. The van der Waals surface area contributed by atoms with Crippen molar-refractivity contribution in [3.8, 4) is 11.5 Å². The van der Waals surface area contributed by atoms with Crippen molar-refractivity contribution >= 4 is 11.6 Å². The van der Waals surface area contributed by atoms with E-state index in [-0.39, 0.29) is 62.3 Å². The number of nitrogens with zero attached hydrogens (tertiary/aromatic N) is 3. The average Bonchev–Trinajstić information content (AvgIpc) is 4.18. The van der Waals surface area contributed by atoms with Crippen molar-refractivity contribution in [2.75, 3.05) is 52.7 Å². The molecule has 7 rings (SSSR count). The highest BCUT2D eigenvalue weighted by Gasteiger charge is 2.65. The molecule has 12 heteroatoms. The van der Waals surface area contributed by atoms with Gasteiger partial charge < -0.3 is 38.9 Å². The molecule has 0 aromatic heterocycles. The molecule has 7 atom stereocenters. The van der Waals surface area contributed by atoms with Crippen molar-refractivity contribution in [3.63, 3.8) is 0 Å². The maximum Gasteiger partial charge on any atom is 0.239 e. The molecular weight excluding hydrogens is 850 g/mol. The maximum atomic E-state index is 15.2. The van der Waals surface area contributed by atoms with Crippen LogP contribution in [-0.2, 0) is 25.7 Å². The van der Waals surface area contributed by atoms with Gasteiger partial charge in [-0.1, -0.05) is 101 Å². The van der Waals surface area contributed by atoms with Crippen LogP contribution in [0.15, 0.2) is 71.9 Å². The van der Waals surface area contributed by atoms with Gasteiger partial charge in [0, 0.05) is 70.1 Å². The van der Waals surface area contributed by atoms with Gasteiger partial charge in [0.05, 0.1) is 24.8 Å². The highest BCUT2D eigenvalue weighted by atomic mass is 19.1. The minimum absolute atomic E-state index is 0.0135. The van der Waals surface area contributed by atoms with Crippen molar-refractivity contribution in [1.29, 1.82) is 0 Å². The molecule has 11 nitrogen and oxygen atoms in total. The number of amides is 1. The van der Waals surface area contributed by atoms with E-state index in [1.54, 1.807) is 18.2 Å². The summed E-state index contributed by atoms with van der Waals surface area (Å²) < 4.78 is 41.7. The van der Waals surface area contributed by atoms with Gasteiger partial charge in [0.2, 0.25) is 18.0 Å². The fourth-order valence-corrected chi connectivity index (χ4v) is 11.1. The Kier molecular flexibility index (Phi) is 20.0. The number of unbranched alkanes of at least 4 members (excludes halogenated alkanes) is 10. The molecule has 0 spiro atoms. The molecule has 1 unspecified atom stereocenters. The van der Waals surface area contributed by atoms with Gasteiger partial charge in [-0.05, 0) is 98.2 Å². The fraction of sp³-hybridized carbons (Fsp3) is 0.673. The molecule has 2 saturated heterocycles. The van der Waals surface area contributed by atoms with E-state index >= 15 is 4.79 Å². The summed E-state index contributed by atoms with van der Waals surface area (Å²) >= 11 is 0. The van der Waals surface area contributed by atoms with Crippen molar-refractivity contribution in [2.45, 2.75) is 166 Å². The van der Waals surface area contributed by atoms with Gasteiger partial charge >= 0.3 is 0 Å². The van der Waals surface area contributed by atoms with Crippen LogP contribution in [0.25, 0.3) is 0 Å². The van der Waals surface area contributed by atoms with Crippen LogP contribution in [-0.4, -0.2) is 102 Å². The van der Waals surface area contributed by atoms with Gasteiger partial charge in [-0.3, -0.25) is 9.69 Å². The minimum Gasteiger partial charge on any atom is -0.492 e. The second-order valence-electron chi connectivity index (χ2n) is 19.6. The number of rotatable bonds is 30. The van der Waals surface area contributed by atoms with E-state index in [1.165, 1.54) is 50.7 Å². The molecule has 0 bridgehead atoms. The molecule has 3 aliphatic heterocycles. The lowest BCUT2D eigenvalue weighted by Crippen LogP contribution is -2.70. The summed E-state index contributed by atoms with van der Waals surface area (Å²) in [5.74, 6) is -0.681. The van der Waals surface area contributed by atoms with Gasteiger partial charge in [0.1, 0.15) is 30.0 Å². The second kappa shape index (κ2) is 26.2. The molecule has 0 radical (unpaired) electrons. The third-order valence-corrected chi connectivity index (χ3v) is 14.7. The van der Waals surface area contributed by atoms with E-state index in [0.29, 0.717) is 38.2 Å². The number of hydrogen-bond acceptors (Lipinski definition) is 10. The molecule has 1 saturated carbocycles. The largest absolute Gasteiger partial charge is 0.492 e. The van der Waals surface area contributed by atoms with E-state index in [0.717, 1.165) is 112 Å². The third kappa shape index (κ3) is 13.7. The smallest absolute Gasteiger partial charge is 0.239 e. The number of aliphatic hydroxyl groups is 2. The first kappa shape index (κ1) is 51.1. The standard InChI is InChI=1S/C55H80FN3O8/c1-3-5-6-7-8-9-10-11-12-21-51(62)59(40-41-23-25-43(56)26-24-41)50-39-48(57-67-52-22-15-18-35-64-52)46-37-42(19-13-16-32-60)45(20-14-17-33-61)53-47-38-44(63-36-31-58-29-30-58)27-28-49(47)66-55(50,54(46)53)65-34-4-2/h4,23-28,37-38,42,45,50,52-54,60-61H,2-3,5-22,29-36,39-40H2,1H3/t42-,45+,50-,52?,53+,54+,55+/m0/s1. The molecule has 1 amide bonds. The summed E-state index contributed by atoms with van der Waals surface area (Å²) in [7, 11) is 0. The number of carbonyl (C=O) groups excluding carboxylic acids is 1. The minimum atomic E-state index is -1.39. The lowest BCUT2D eigenvalue weighted by molar-refractivity contribution is -0.258. The zero-order valence-corrected chi connectivity index (χ0v) is 40.4. The summed E-state index contributed by atoms with van der Waals surface area (Å²) in [6.45, 7) is 11.2. The molecule has 2 aliphatic carbocycles. The predicted molar refractivity (Wildman–Crippen MR) is 260 cm³/mol. The van der Waals surface area contributed by atoms with Crippen molar-refractivity contribution < 1.29 is 43.2 Å². The van der Waals surface area contributed by atoms with E-state index in [9.17, 15) is 14.6 Å². The fourth-order valence-electron chi connectivity index (χ4n) is 11.1. The number of fused-ring (bicyclic) bond motifs is 2. The number of oxime groups is 1. The van der Waals surface area contributed by atoms with Crippen LogP contribution in [0.5, 0.6) is 11.5 Å². The molecule has 5 aliphatic rings. The Bertz CT molecular complexity index is 1900. The molecule has 2 aromatic rings. The number of allylic oxidation sites excluding steroid dienone is 1. The average molecular weight is 930 g/mol. The Morgan fingerprint density at radius 2 is 1.70 bits per heavy atom. The van der Waals surface area contributed by atoms with Gasteiger partial charge in [-0.15, -0.1) is 6.58 Å². The molecule has 3 heterocycles. The highest BCUT2D eigenvalue weighted by Crippen LogP contribution is 2.62. The maximum absolute atomic E-state index is 15.2. The number of ether oxygens (including phenoxy) is 4. The quantitative estimate of drug-likeness (QED) is 0.0341. The Hall–Kier alpha value is -3.81. The van der Waals surface area contributed by atoms with Gasteiger partial charge in [-0.25, -0.2) is 4.39 Å². The SMILES string of the molecule is C=CCO[C@@]12Oc3ccc(OCCN4CC4)cc3[C@H]3[C@H](CCCCO)[C@@H](CCCCO)C=C(C(=NOC4CCCCO4)C[C@@H]1N(Cc1ccc(F)cc1)C(=O)CCCCCCCCCCC)[C@H]32. The van der Waals surface area contributed by atoms with Crippen LogP contribution in [0.4, 0.5) is 4.39 Å². The summed E-state index contributed by atoms with van der Waals surface area (Å²) in [6, 6.07) is 11.9. The first-order valence-corrected chi connectivity index (χ1v) is 26.1. The number of aliphatic hydroxyl groups excluding tert-OH is 2. The van der Waals surface area contributed by atoms with Crippen LogP contribution in [0, 0.1) is 23.6 Å². The molecule has 2 aromatic carbocycles. The predicted octanol–water partition coefficient (Wildman–Crippen LogP) is 10.6. The second-order valence-corrected chi connectivity index (χ2v) is 19.6. The van der Waals surface area contributed by atoms with Crippen LogP contribution in [0.1, 0.15) is 152 Å². The summed E-state index contributed by atoms with van der Waals surface area (Å²) in [5, 5.41) is 25.1. The first-order chi connectivity index (χ1) is 32.9. The third-order valence-electron chi connectivity index (χ3n) is 14.7. The van der Waals surface area contributed by atoms with Crippen molar-refractivity contribution in [2.24, 2.45) is 22.9 Å². The zero-order valence-electron chi connectivity index (χ0n) is 40.4. The van der Waals surface area contributed by atoms with E-state index in [1.807, 2.05) is 17.0 Å². The number of halogens is 1. The Balaban J connectivity index is 1.34. The zero-order chi connectivity index (χ0) is 46.9. The number of hydrogen-bond donors (Lipinski definition) is 2. The van der Waals surface area contributed by atoms with Crippen LogP contribution >= 0.6 is 0 Å². The van der Waals surface area contributed by atoms with Crippen molar-refractivity contribution in [1.82, 2.24) is 9.80 Å². The van der Waals surface area contributed by atoms with Gasteiger partial charge in [0.15, 0.2) is 0 Å². The van der Waals surface area contributed by atoms with Gasteiger partial charge in [0.25, 0.3) is 0 Å². The summed E-state index contributed by atoms with van der Waals surface area (Å²) in [5.41, 5.74) is 3.56.